The van der Waals surface area contributed by atoms with Gasteiger partial charge in [-0.15, -0.1) is 11.3 Å². The molecule has 1 saturated carbocycles. The van der Waals surface area contributed by atoms with Gasteiger partial charge in [-0.1, -0.05) is 0 Å². The number of nitrogens with zero attached hydrogens (tertiary/aromatic N) is 2. The maximum absolute atomic E-state index is 12.8. The van der Waals surface area contributed by atoms with Gasteiger partial charge in [0.1, 0.15) is 17.2 Å². The molecule has 3 aromatic rings. The number of carbonyl (C=O) groups excluding carboxylic acids is 2. The van der Waals surface area contributed by atoms with Crippen LogP contribution in [0.15, 0.2) is 54.0 Å². The van der Waals surface area contributed by atoms with Crippen molar-refractivity contribution in [3.63, 3.8) is 0 Å². The van der Waals surface area contributed by atoms with Crippen molar-refractivity contribution in [2.24, 2.45) is 5.92 Å². The highest BCUT2D eigenvalue weighted by atomic mass is 32.1. The number of nitrogens with one attached hydrogen (secondary N) is 1. The van der Waals surface area contributed by atoms with Gasteiger partial charge < -0.3 is 14.2 Å². The summed E-state index contributed by atoms with van der Waals surface area (Å²) in [5.41, 5.74) is 1.13. The molecule has 0 bridgehead atoms. The van der Waals surface area contributed by atoms with Crippen LogP contribution in [0.5, 0.6) is 17.2 Å². The van der Waals surface area contributed by atoms with E-state index in [2.05, 4.69) is 10.3 Å². The standard InChI is InChI=1S/C25H27N3O5S/c1-16(2)32-21-12-18(23(29)27-24-26-10-11-34-24)13-22(14-21)33-20-8-6-19(7-9-20)28(25(30)31-3)15-17-4-5-17/h6-14,16-17H,4-5,15H2,1-3H3,(H,26,27,29). The van der Waals surface area contributed by atoms with Crippen LogP contribution in [0.25, 0.3) is 0 Å². The lowest BCUT2D eigenvalue weighted by Crippen LogP contribution is -2.32. The molecule has 1 aliphatic rings. The summed E-state index contributed by atoms with van der Waals surface area (Å²) in [7, 11) is 1.38. The molecule has 178 valence electrons. The molecule has 8 nitrogen and oxygen atoms in total. The lowest BCUT2D eigenvalue weighted by atomic mass is 10.2. The second kappa shape index (κ2) is 10.6. The summed E-state index contributed by atoms with van der Waals surface area (Å²) in [6.45, 7) is 4.46. The lowest BCUT2D eigenvalue weighted by Gasteiger charge is -2.21. The van der Waals surface area contributed by atoms with E-state index in [-0.39, 0.29) is 18.1 Å². The van der Waals surface area contributed by atoms with Gasteiger partial charge >= 0.3 is 6.09 Å². The van der Waals surface area contributed by atoms with Crippen LogP contribution in [0.1, 0.15) is 37.0 Å². The van der Waals surface area contributed by atoms with E-state index in [4.69, 9.17) is 14.2 Å². The van der Waals surface area contributed by atoms with Crippen LogP contribution in [0.3, 0.4) is 0 Å². The minimum absolute atomic E-state index is 0.0693. The van der Waals surface area contributed by atoms with Crippen LogP contribution in [0, 0.1) is 5.92 Å². The van der Waals surface area contributed by atoms with Gasteiger partial charge in [-0.2, -0.15) is 0 Å². The Morgan fingerprint density at radius 2 is 1.85 bits per heavy atom. The van der Waals surface area contributed by atoms with Gasteiger partial charge in [0.25, 0.3) is 5.91 Å². The minimum atomic E-state index is -0.380. The predicted octanol–water partition coefficient (Wildman–Crippen LogP) is 5.96. The number of ether oxygens (including phenoxy) is 3. The number of anilines is 2. The van der Waals surface area contributed by atoms with Crippen molar-refractivity contribution in [2.45, 2.75) is 32.8 Å². The molecule has 0 unspecified atom stereocenters. The van der Waals surface area contributed by atoms with Gasteiger partial charge in [0.15, 0.2) is 5.13 Å². The summed E-state index contributed by atoms with van der Waals surface area (Å²) in [5, 5.41) is 5.08. The third-order valence-electron chi connectivity index (χ3n) is 5.08. The Morgan fingerprint density at radius 3 is 2.47 bits per heavy atom. The molecular formula is C25H27N3O5S. The molecule has 1 aliphatic carbocycles. The number of hydrogen-bond donors (Lipinski definition) is 1. The van der Waals surface area contributed by atoms with Crippen molar-refractivity contribution in [1.29, 1.82) is 0 Å². The Labute approximate surface area is 202 Å². The summed E-state index contributed by atoms with van der Waals surface area (Å²) < 4.78 is 16.8. The van der Waals surface area contributed by atoms with Gasteiger partial charge in [0, 0.05) is 35.4 Å². The summed E-state index contributed by atoms with van der Waals surface area (Å²) in [5.74, 6) is 1.76. The van der Waals surface area contributed by atoms with Crippen LogP contribution in [-0.2, 0) is 4.74 Å². The molecule has 1 heterocycles. The van der Waals surface area contributed by atoms with E-state index in [0.717, 1.165) is 18.5 Å². The molecule has 2 aromatic carbocycles. The van der Waals surface area contributed by atoms with Crippen molar-refractivity contribution in [3.05, 3.63) is 59.6 Å². The maximum atomic E-state index is 12.8. The highest BCUT2D eigenvalue weighted by Crippen LogP contribution is 2.33. The molecule has 0 radical (unpaired) electrons. The van der Waals surface area contributed by atoms with Crippen molar-refractivity contribution in [2.75, 3.05) is 23.9 Å². The van der Waals surface area contributed by atoms with E-state index in [1.807, 2.05) is 26.0 Å². The minimum Gasteiger partial charge on any atom is -0.491 e. The molecule has 0 saturated heterocycles. The zero-order chi connectivity index (χ0) is 24.1. The second-order valence-corrected chi connectivity index (χ2v) is 9.17. The summed E-state index contributed by atoms with van der Waals surface area (Å²) in [6, 6.07) is 12.3. The monoisotopic (exact) mass is 481 g/mol. The highest BCUT2D eigenvalue weighted by Gasteiger charge is 2.28. The molecule has 34 heavy (non-hydrogen) atoms. The average molecular weight is 482 g/mol. The van der Waals surface area contributed by atoms with Crippen molar-refractivity contribution in [1.82, 2.24) is 4.98 Å². The number of hydrogen-bond acceptors (Lipinski definition) is 7. The van der Waals surface area contributed by atoms with E-state index >= 15 is 0 Å². The quantitative estimate of drug-likeness (QED) is 0.406. The van der Waals surface area contributed by atoms with E-state index in [9.17, 15) is 9.59 Å². The van der Waals surface area contributed by atoms with Crippen molar-refractivity contribution < 1.29 is 23.8 Å². The maximum Gasteiger partial charge on any atom is 0.414 e. The van der Waals surface area contributed by atoms with Crippen LogP contribution in [-0.4, -0.2) is 36.7 Å². The zero-order valence-electron chi connectivity index (χ0n) is 19.3. The smallest absolute Gasteiger partial charge is 0.414 e. The van der Waals surface area contributed by atoms with E-state index in [1.54, 1.807) is 46.8 Å². The molecule has 4 rings (SSSR count). The van der Waals surface area contributed by atoms with Gasteiger partial charge in [-0.05, 0) is 69.0 Å². The lowest BCUT2D eigenvalue weighted by molar-refractivity contribution is 0.102. The third-order valence-corrected chi connectivity index (χ3v) is 5.77. The van der Waals surface area contributed by atoms with Gasteiger partial charge in [-0.25, -0.2) is 9.78 Å². The van der Waals surface area contributed by atoms with Gasteiger partial charge in [0.05, 0.1) is 13.2 Å². The summed E-state index contributed by atoms with van der Waals surface area (Å²) in [6.07, 6.45) is 3.43. The van der Waals surface area contributed by atoms with E-state index in [0.29, 0.717) is 40.4 Å². The molecule has 0 spiro atoms. The summed E-state index contributed by atoms with van der Waals surface area (Å²) >= 11 is 1.34. The predicted molar refractivity (Wildman–Crippen MR) is 131 cm³/mol. The molecule has 1 N–H and O–H groups in total. The highest BCUT2D eigenvalue weighted by molar-refractivity contribution is 7.13. The Balaban J connectivity index is 1.53. The first-order valence-electron chi connectivity index (χ1n) is 11.1. The fourth-order valence-corrected chi connectivity index (χ4v) is 3.86. The Morgan fingerprint density at radius 1 is 1.12 bits per heavy atom. The third kappa shape index (κ3) is 6.26. The summed E-state index contributed by atoms with van der Waals surface area (Å²) in [4.78, 5) is 30.7. The molecule has 9 heteroatoms. The first kappa shape index (κ1) is 23.6. The first-order valence-corrected chi connectivity index (χ1v) is 11.9. The van der Waals surface area contributed by atoms with Crippen LogP contribution in [0.4, 0.5) is 15.6 Å². The molecule has 2 amide bonds. The fourth-order valence-electron chi connectivity index (χ4n) is 3.34. The molecule has 0 aliphatic heterocycles. The van der Waals surface area contributed by atoms with Crippen LogP contribution >= 0.6 is 11.3 Å². The Kier molecular flexibility index (Phi) is 7.32. The number of rotatable bonds is 9. The van der Waals surface area contributed by atoms with E-state index < -0.39 is 0 Å². The number of benzene rings is 2. The number of amides is 2. The number of aromatic nitrogens is 1. The van der Waals surface area contributed by atoms with Crippen molar-refractivity contribution in [3.8, 4) is 17.2 Å². The first-order chi connectivity index (χ1) is 16.4. The number of methoxy groups -OCH3 is 1. The fraction of sp³-hybridized carbons (Fsp3) is 0.320. The number of thiazole rings is 1. The topological polar surface area (TPSA) is 90.0 Å². The Hall–Kier alpha value is -3.59. The van der Waals surface area contributed by atoms with E-state index in [1.165, 1.54) is 18.4 Å². The molecular weight excluding hydrogens is 454 g/mol. The average Bonchev–Trinajstić information content (AvgIpc) is 3.50. The second-order valence-electron chi connectivity index (χ2n) is 8.27. The zero-order valence-corrected chi connectivity index (χ0v) is 20.1. The van der Waals surface area contributed by atoms with Crippen LogP contribution in [0.2, 0.25) is 0 Å². The molecule has 0 atom stereocenters. The van der Waals surface area contributed by atoms with Gasteiger partial charge in [0.2, 0.25) is 0 Å². The van der Waals surface area contributed by atoms with Crippen LogP contribution < -0.4 is 19.7 Å². The van der Waals surface area contributed by atoms with Gasteiger partial charge in [-0.3, -0.25) is 15.0 Å². The largest absolute Gasteiger partial charge is 0.491 e. The normalized spacial score (nSPS) is 12.8. The van der Waals surface area contributed by atoms with Crippen molar-refractivity contribution >= 4 is 34.2 Å². The Bertz CT molecular complexity index is 1130. The molecule has 1 fully saturated rings. The molecule has 1 aromatic heterocycles. The number of carbonyl (C=O) groups is 2. The SMILES string of the molecule is COC(=O)N(CC1CC1)c1ccc(Oc2cc(OC(C)C)cc(C(=O)Nc3nccs3)c2)cc1.